The Morgan fingerprint density at radius 2 is 2.19 bits per heavy atom. The summed E-state index contributed by atoms with van der Waals surface area (Å²) in [6, 6.07) is 7.84. The van der Waals surface area contributed by atoms with Gasteiger partial charge in [0.05, 0.1) is 10.9 Å². The molecule has 0 unspecified atom stereocenters. The Kier molecular flexibility index (Phi) is 3.77. The molecule has 1 atom stereocenters. The van der Waals surface area contributed by atoms with Crippen molar-refractivity contribution in [2.24, 2.45) is 0 Å². The number of rotatable bonds is 3. The molecule has 1 aromatic carbocycles. The van der Waals surface area contributed by atoms with Crippen molar-refractivity contribution in [3.63, 3.8) is 0 Å². The molecule has 2 heterocycles. The lowest BCUT2D eigenvalue weighted by atomic mass is 10.1. The van der Waals surface area contributed by atoms with Gasteiger partial charge in [0.1, 0.15) is 11.5 Å². The molecule has 7 heteroatoms. The lowest BCUT2D eigenvalue weighted by molar-refractivity contribution is 0.349. The van der Waals surface area contributed by atoms with Gasteiger partial charge in [0, 0.05) is 17.6 Å². The minimum atomic E-state index is -3.58. The van der Waals surface area contributed by atoms with Crippen LogP contribution in [0.2, 0.25) is 5.02 Å². The van der Waals surface area contributed by atoms with Gasteiger partial charge in [-0.25, -0.2) is 8.42 Å². The van der Waals surface area contributed by atoms with Gasteiger partial charge in [-0.2, -0.15) is 4.31 Å². The van der Waals surface area contributed by atoms with Gasteiger partial charge in [-0.05, 0) is 38.0 Å². The van der Waals surface area contributed by atoms with E-state index in [1.54, 1.807) is 31.2 Å². The van der Waals surface area contributed by atoms with Crippen molar-refractivity contribution in [1.29, 1.82) is 0 Å². The predicted octanol–water partition coefficient (Wildman–Crippen LogP) is 3.16. The number of hydrogen-bond acceptors (Lipinski definition) is 4. The smallest absolute Gasteiger partial charge is 0.243 e. The number of hydrogen-bond donors (Lipinski definition) is 0. The van der Waals surface area contributed by atoms with E-state index in [0.29, 0.717) is 23.0 Å². The molecule has 1 aliphatic rings. The first-order chi connectivity index (χ1) is 9.98. The molecule has 0 N–H and O–H groups in total. The Morgan fingerprint density at radius 1 is 1.38 bits per heavy atom. The zero-order chi connectivity index (χ0) is 15.0. The van der Waals surface area contributed by atoms with E-state index >= 15 is 0 Å². The molecule has 21 heavy (non-hydrogen) atoms. The average molecular weight is 327 g/mol. The minimum absolute atomic E-state index is 0.210. The van der Waals surface area contributed by atoms with Crippen molar-refractivity contribution >= 4 is 21.6 Å². The van der Waals surface area contributed by atoms with Gasteiger partial charge in [-0.1, -0.05) is 22.8 Å². The Bertz CT molecular complexity index is 757. The van der Waals surface area contributed by atoms with Crippen molar-refractivity contribution < 1.29 is 12.9 Å². The first-order valence-electron chi connectivity index (χ1n) is 6.69. The quantitative estimate of drug-likeness (QED) is 0.869. The Hall–Kier alpha value is -1.37. The van der Waals surface area contributed by atoms with Gasteiger partial charge < -0.3 is 4.52 Å². The molecule has 0 spiro atoms. The van der Waals surface area contributed by atoms with E-state index in [0.717, 1.165) is 12.8 Å². The first kappa shape index (κ1) is 14.6. The molecular weight excluding hydrogens is 312 g/mol. The molecule has 0 radical (unpaired) electrons. The third-order valence-corrected chi connectivity index (χ3v) is 5.73. The van der Waals surface area contributed by atoms with E-state index in [1.165, 1.54) is 10.4 Å². The summed E-state index contributed by atoms with van der Waals surface area (Å²) in [6.45, 7) is 2.27. The van der Waals surface area contributed by atoms with Gasteiger partial charge in [-0.15, -0.1) is 0 Å². The number of halogens is 1. The summed E-state index contributed by atoms with van der Waals surface area (Å²) in [5.74, 6) is 0.678. The van der Waals surface area contributed by atoms with Crippen LogP contribution in [0.3, 0.4) is 0 Å². The highest BCUT2D eigenvalue weighted by Gasteiger charge is 2.37. The topological polar surface area (TPSA) is 63.4 Å². The fourth-order valence-corrected chi connectivity index (χ4v) is 4.60. The Labute approximate surface area is 128 Å². The SMILES string of the molecule is Cc1cc([C@H]2CCCN2S(=O)(=O)c2cccc(Cl)c2)no1. The fraction of sp³-hybridized carbons (Fsp3) is 0.357. The highest BCUT2D eigenvalue weighted by Crippen LogP contribution is 2.36. The standard InChI is InChI=1S/C14H15ClN2O3S/c1-10-8-13(16-20-10)14-6-3-7-17(14)21(18,19)12-5-2-4-11(15)9-12/h2,4-5,8-9,14H,3,6-7H2,1H3/t14-/m1/s1. The van der Waals surface area contributed by atoms with Crippen LogP contribution >= 0.6 is 11.6 Å². The monoisotopic (exact) mass is 326 g/mol. The second-order valence-corrected chi connectivity index (χ2v) is 7.42. The molecule has 1 aromatic heterocycles. The van der Waals surface area contributed by atoms with Crippen LogP contribution < -0.4 is 0 Å². The van der Waals surface area contributed by atoms with Crippen molar-refractivity contribution in [2.75, 3.05) is 6.54 Å². The van der Waals surface area contributed by atoms with Gasteiger partial charge >= 0.3 is 0 Å². The zero-order valence-electron chi connectivity index (χ0n) is 11.5. The van der Waals surface area contributed by atoms with Crippen LogP contribution in [0.1, 0.15) is 30.3 Å². The lowest BCUT2D eigenvalue weighted by Crippen LogP contribution is -2.30. The first-order valence-corrected chi connectivity index (χ1v) is 8.51. The maximum Gasteiger partial charge on any atom is 0.243 e. The van der Waals surface area contributed by atoms with E-state index in [-0.39, 0.29) is 10.9 Å². The highest BCUT2D eigenvalue weighted by molar-refractivity contribution is 7.89. The van der Waals surface area contributed by atoms with Gasteiger partial charge in [0.15, 0.2) is 0 Å². The molecule has 3 rings (SSSR count). The molecule has 0 aliphatic carbocycles. The number of nitrogens with zero attached hydrogens (tertiary/aromatic N) is 2. The molecule has 0 amide bonds. The predicted molar refractivity (Wildman–Crippen MR) is 78.6 cm³/mol. The number of sulfonamides is 1. The summed E-state index contributed by atoms with van der Waals surface area (Å²) in [7, 11) is -3.58. The van der Waals surface area contributed by atoms with Crippen LogP contribution in [0.15, 0.2) is 39.8 Å². The third kappa shape index (κ3) is 2.71. The molecular formula is C14H15ClN2O3S. The molecule has 0 bridgehead atoms. The van der Waals surface area contributed by atoms with Crippen LogP contribution in [-0.4, -0.2) is 24.4 Å². The normalized spacial score (nSPS) is 20.0. The minimum Gasteiger partial charge on any atom is -0.361 e. The van der Waals surface area contributed by atoms with E-state index in [9.17, 15) is 8.42 Å². The van der Waals surface area contributed by atoms with Gasteiger partial charge in [0.2, 0.25) is 10.0 Å². The van der Waals surface area contributed by atoms with E-state index in [1.807, 2.05) is 0 Å². The van der Waals surface area contributed by atoms with Crippen molar-refractivity contribution in [3.05, 3.63) is 46.8 Å². The van der Waals surface area contributed by atoms with Crippen LogP contribution in [0.25, 0.3) is 0 Å². The van der Waals surface area contributed by atoms with E-state index in [4.69, 9.17) is 16.1 Å². The molecule has 1 fully saturated rings. The number of aryl methyl sites for hydroxylation is 1. The van der Waals surface area contributed by atoms with Gasteiger partial charge in [0.25, 0.3) is 0 Å². The molecule has 1 aliphatic heterocycles. The summed E-state index contributed by atoms with van der Waals surface area (Å²) in [6.07, 6.45) is 1.54. The van der Waals surface area contributed by atoms with Gasteiger partial charge in [-0.3, -0.25) is 0 Å². The van der Waals surface area contributed by atoms with E-state index in [2.05, 4.69) is 5.16 Å². The largest absolute Gasteiger partial charge is 0.361 e. The lowest BCUT2D eigenvalue weighted by Gasteiger charge is -2.22. The van der Waals surface area contributed by atoms with Crippen LogP contribution in [0.4, 0.5) is 0 Å². The molecule has 5 nitrogen and oxygen atoms in total. The molecule has 2 aromatic rings. The molecule has 0 saturated carbocycles. The van der Waals surface area contributed by atoms with Crippen LogP contribution in [-0.2, 0) is 10.0 Å². The second kappa shape index (κ2) is 5.44. The fourth-order valence-electron chi connectivity index (χ4n) is 2.63. The van der Waals surface area contributed by atoms with Crippen molar-refractivity contribution in [1.82, 2.24) is 9.46 Å². The zero-order valence-corrected chi connectivity index (χ0v) is 13.1. The Balaban J connectivity index is 1.98. The summed E-state index contributed by atoms with van der Waals surface area (Å²) >= 11 is 5.90. The average Bonchev–Trinajstić information content (AvgIpc) is 3.07. The van der Waals surface area contributed by atoms with Crippen molar-refractivity contribution in [3.8, 4) is 0 Å². The molecule has 1 saturated heterocycles. The van der Waals surface area contributed by atoms with Crippen LogP contribution in [0, 0.1) is 6.92 Å². The number of aromatic nitrogens is 1. The summed E-state index contributed by atoms with van der Waals surface area (Å²) in [4.78, 5) is 0.210. The molecule has 112 valence electrons. The summed E-state index contributed by atoms with van der Waals surface area (Å²) < 4.78 is 32.1. The summed E-state index contributed by atoms with van der Waals surface area (Å²) in [5, 5.41) is 4.37. The van der Waals surface area contributed by atoms with E-state index < -0.39 is 10.0 Å². The maximum atomic E-state index is 12.8. The second-order valence-electron chi connectivity index (χ2n) is 5.09. The summed E-state index contributed by atoms with van der Waals surface area (Å²) in [5.41, 5.74) is 0.663. The number of benzene rings is 1. The Morgan fingerprint density at radius 3 is 2.86 bits per heavy atom. The third-order valence-electron chi connectivity index (χ3n) is 3.59. The highest BCUT2D eigenvalue weighted by atomic mass is 35.5. The maximum absolute atomic E-state index is 12.8. The van der Waals surface area contributed by atoms with Crippen LogP contribution in [0.5, 0.6) is 0 Å². The van der Waals surface area contributed by atoms with Crippen molar-refractivity contribution in [2.45, 2.75) is 30.7 Å².